The Kier molecular flexibility index (Phi) is 5.58. The van der Waals surface area contributed by atoms with Gasteiger partial charge >= 0.3 is 5.97 Å². The Morgan fingerprint density at radius 2 is 2.13 bits per heavy atom. The fourth-order valence-corrected chi connectivity index (χ4v) is 3.50. The molecule has 0 aliphatic carbocycles. The molecular formula is C14H20N2O6S. The lowest BCUT2D eigenvalue weighted by Gasteiger charge is -2.39. The predicted molar refractivity (Wildman–Crippen MR) is 82.8 cm³/mol. The van der Waals surface area contributed by atoms with Crippen molar-refractivity contribution in [2.24, 2.45) is 0 Å². The number of carboxylic acid groups (broad SMARTS) is 1. The van der Waals surface area contributed by atoms with Gasteiger partial charge in [-0.3, -0.25) is 0 Å². The summed E-state index contributed by atoms with van der Waals surface area (Å²) in [5, 5.41) is 8.94. The van der Waals surface area contributed by atoms with E-state index in [2.05, 4.69) is 0 Å². The number of ether oxygens (including phenoxy) is 2. The van der Waals surface area contributed by atoms with Crippen molar-refractivity contribution in [3.63, 3.8) is 0 Å². The summed E-state index contributed by atoms with van der Waals surface area (Å²) in [7, 11) is -0.497. The van der Waals surface area contributed by atoms with Crippen LogP contribution in [-0.4, -0.2) is 74.6 Å². The molecule has 1 aliphatic rings. The maximum absolute atomic E-state index is 12.2. The van der Waals surface area contributed by atoms with E-state index in [1.807, 2.05) is 0 Å². The SMILES string of the molecule is COCCN(C)S(=O)(=O)N1CC(Oc2cccc(C(=O)O)c2)C1. The Labute approximate surface area is 135 Å². The molecule has 0 aromatic heterocycles. The Bertz CT molecular complexity index is 657. The van der Waals surface area contributed by atoms with Gasteiger partial charge in [0.2, 0.25) is 0 Å². The number of benzene rings is 1. The van der Waals surface area contributed by atoms with E-state index < -0.39 is 16.2 Å². The molecule has 0 unspecified atom stereocenters. The monoisotopic (exact) mass is 344 g/mol. The molecule has 1 aliphatic heterocycles. The minimum absolute atomic E-state index is 0.130. The Hall–Kier alpha value is -1.68. The summed E-state index contributed by atoms with van der Waals surface area (Å²) in [5.74, 6) is -0.618. The van der Waals surface area contributed by atoms with Crippen molar-refractivity contribution in [1.82, 2.24) is 8.61 Å². The molecule has 1 heterocycles. The summed E-state index contributed by atoms with van der Waals surface area (Å²) in [6.07, 6.45) is -0.287. The normalized spacial score (nSPS) is 16.3. The molecule has 0 radical (unpaired) electrons. The van der Waals surface area contributed by atoms with Crippen LogP contribution >= 0.6 is 0 Å². The van der Waals surface area contributed by atoms with Gasteiger partial charge in [-0.05, 0) is 18.2 Å². The average Bonchev–Trinajstić information content (AvgIpc) is 2.47. The molecule has 9 heteroatoms. The zero-order valence-electron chi connectivity index (χ0n) is 13.0. The highest BCUT2D eigenvalue weighted by Crippen LogP contribution is 2.22. The molecule has 1 saturated heterocycles. The number of hydrogen-bond acceptors (Lipinski definition) is 5. The van der Waals surface area contributed by atoms with Gasteiger partial charge in [0.05, 0.1) is 25.3 Å². The van der Waals surface area contributed by atoms with E-state index >= 15 is 0 Å². The first-order valence-electron chi connectivity index (χ1n) is 7.05. The quantitative estimate of drug-likeness (QED) is 0.727. The number of methoxy groups -OCH3 is 1. The molecule has 1 aromatic rings. The van der Waals surface area contributed by atoms with Crippen molar-refractivity contribution in [2.45, 2.75) is 6.10 Å². The molecule has 0 atom stereocenters. The highest BCUT2D eigenvalue weighted by atomic mass is 32.2. The van der Waals surface area contributed by atoms with Crippen molar-refractivity contribution in [3.8, 4) is 5.75 Å². The van der Waals surface area contributed by atoms with Crippen LogP contribution in [0.4, 0.5) is 0 Å². The largest absolute Gasteiger partial charge is 0.488 e. The summed E-state index contributed by atoms with van der Waals surface area (Å²) >= 11 is 0. The van der Waals surface area contributed by atoms with Gasteiger partial charge < -0.3 is 14.6 Å². The molecule has 0 amide bonds. The third kappa shape index (κ3) is 4.20. The van der Waals surface area contributed by atoms with Gasteiger partial charge in [0.25, 0.3) is 10.2 Å². The van der Waals surface area contributed by atoms with Crippen LogP contribution < -0.4 is 4.74 Å². The Morgan fingerprint density at radius 3 is 2.74 bits per heavy atom. The molecular weight excluding hydrogens is 324 g/mol. The van der Waals surface area contributed by atoms with Crippen LogP contribution in [0.1, 0.15) is 10.4 Å². The fourth-order valence-electron chi connectivity index (χ4n) is 2.09. The molecule has 1 fully saturated rings. The van der Waals surface area contributed by atoms with Gasteiger partial charge in [0, 0.05) is 20.7 Å². The van der Waals surface area contributed by atoms with Crippen molar-refractivity contribution >= 4 is 16.2 Å². The summed E-state index contributed by atoms with van der Waals surface area (Å²) in [6, 6.07) is 6.13. The van der Waals surface area contributed by atoms with Crippen LogP contribution in [0.2, 0.25) is 0 Å². The first kappa shape index (κ1) is 17.7. The molecule has 2 rings (SSSR count). The number of hydrogen-bond donors (Lipinski definition) is 1. The third-order valence-corrected chi connectivity index (χ3v) is 5.45. The lowest BCUT2D eigenvalue weighted by atomic mass is 10.2. The van der Waals surface area contributed by atoms with E-state index in [1.165, 1.54) is 34.9 Å². The predicted octanol–water partition coefficient (Wildman–Crippen LogP) is 0.271. The second-order valence-corrected chi connectivity index (χ2v) is 7.25. The van der Waals surface area contributed by atoms with Crippen molar-refractivity contribution in [1.29, 1.82) is 0 Å². The molecule has 1 aromatic carbocycles. The zero-order chi connectivity index (χ0) is 17.0. The van der Waals surface area contributed by atoms with Crippen molar-refractivity contribution < 1.29 is 27.8 Å². The number of carbonyl (C=O) groups is 1. The second kappa shape index (κ2) is 7.26. The maximum Gasteiger partial charge on any atom is 0.335 e. The average molecular weight is 344 g/mol. The smallest absolute Gasteiger partial charge is 0.335 e. The van der Waals surface area contributed by atoms with E-state index in [0.717, 1.165) is 0 Å². The minimum atomic E-state index is -3.51. The summed E-state index contributed by atoms with van der Waals surface area (Å²) in [6.45, 7) is 1.07. The van der Waals surface area contributed by atoms with Gasteiger partial charge in [-0.2, -0.15) is 17.0 Å². The molecule has 0 saturated carbocycles. The first-order valence-corrected chi connectivity index (χ1v) is 8.44. The lowest BCUT2D eigenvalue weighted by molar-refractivity contribution is 0.0677. The van der Waals surface area contributed by atoms with Gasteiger partial charge in [0.1, 0.15) is 11.9 Å². The molecule has 1 N–H and O–H groups in total. The van der Waals surface area contributed by atoms with E-state index in [4.69, 9.17) is 14.6 Å². The van der Waals surface area contributed by atoms with Gasteiger partial charge in [-0.15, -0.1) is 0 Å². The standard InChI is InChI=1S/C14H20N2O6S/c1-15(6-7-21-2)23(19,20)16-9-13(10-16)22-12-5-3-4-11(8-12)14(17)18/h3-5,8,13H,6-7,9-10H2,1-2H3,(H,17,18). The summed E-state index contributed by atoms with van der Waals surface area (Å²) in [4.78, 5) is 10.9. The van der Waals surface area contributed by atoms with Crippen LogP contribution in [0.5, 0.6) is 5.75 Å². The molecule has 0 spiro atoms. The van der Waals surface area contributed by atoms with Crippen LogP contribution in [0.3, 0.4) is 0 Å². The zero-order valence-corrected chi connectivity index (χ0v) is 13.8. The molecule has 23 heavy (non-hydrogen) atoms. The van der Waals surface area contributed by atoms with Crippen molar-refractivity contribution in [2.75, 3.05) is 40.4 Å². The number of nitrogens with zero attached hydrogens (tertiary/aromatic N) is 2. The number of carboxylic acids is 1. The van der Waals surface area contributed by atoms with E-state index in [9.17, 15) is 13.2 Å². The Morgan fingerprint density at radius 1 is 1.43 bits per heavy atom. The molecule has 128 valence electrons. The maximum atomic E-state index is 12.2. The lowest BCUT2D eigenvalue weighted by Crippen LogP contribution is -2.59. The fraction of sp³-hybridized carbons (Fsp3) is 0.500. The van der Waals surface area contributed by atoms with Crippen LogP contribution in [0.15, 0.2) is 24.3 Å². The first-order chi connectivity index (χ1) is 10.8. The van der Waals surface area contributed by atoms with Gasteiger partial charge in [-0.25, -0.2) is 4.79 Å². The topological polar surface area (TPSA) is 96.4 Å². The van der Waals surface area contributed by atoms with Crippen LogP contribution in [0.25, 0.3) is 0 Å². The van der Waals surface area contributed by atoms with E-state index in [1.54, 1.807) is 12.1 Å². The Balaban J connectivity index is 1.89. The number of aromatic carboxylic acids is 1. The highest BCUT2D eigenvalue weighted by Gasteiger charge is 2.39. The summed E-state index contributed by atoms with van der Waals surface area (Å²) < 4.78 is 37.5. The van der Waals surface area contributed by atoms with E-state index in [0.29, 0.717) is 12.4 Å². The van der Waals surface area contributed by atoms with E-state index in [-0.39, 0.29) is 31.3 Å². The molecule has 0 bridgehead atoms. The van der Waals surface area contributed by atoms with Crippen molar-refractivity contribution in [3.05, 3.63) is 29.8 Å². The van der Waals surface area contributed by atoms with Gasteiger partial charge in [0.15, 0.2) is 0 Å². The minimum Gasteiger partial charge on any atom is -0.488 e. The van der Waals surface area contributed by atoms with Gasteiger partial charge in [-0.1, -0.05) is 6.07 Å². The van der Waals surface area contributed by atoms with Crippen LogP contribution in [-0.2, 0) is 14.9 Å². The third-order valence-electron chi connectivity index (χ3n) is 3.53. The number of rotatable bonds is 8. The van der Waals surface area contributed by atoms with Crippen LogP contribution in [0, 0.1) is 0 Å². The summed E-state index contributed by atoms with van der Waals surface area (Å²) in [5.41, 5.74) is 0.130. The second-order valence-electron chi connectivity index (χ2n) is 5.21. The number of likely N-dealkylation sites (N-methyl/N-ethyl adjacent to an activating group) is 1. The molecule has 8 nitrogen and oxygen atoms in total. The highest BCUT2D eigenvalue weighted by molar-refractivity contribution is 7.86.